The molecule has 0 amide bonds. The second-order valence-electron chi connectivity index (χ2n) is 7.12. The monoisotopic (exact) mass is 343 g/mol. The summed E-state index contributed by atoms with van der Waals surface area (Å²) in [4.78, 5) is 24.0. The molecule has 5 nitrogen and oxygen atoms in total. The normalized spacial score (nSPS) is 22.9. The molecule has 0 unspecified atom stereocenters. The average molecular weight is 343 g/mol. The summed E-state index contributed by atoms with van der Waals surface area (Å²) in [7, 11) is 0. The Morgan fingerprint density at radius 3 is 2.52 bits per heavy atom. The fourth-order valence-corrected chi connectivity index (χ4v) is 3.34. The van der Waals surface area contributed by atoms with Gasteiger partial charge in [-0.2, -0.15) is 5.26 Å². The fourth-order valence-electron chi connectivity index (χ4n) is 3.34. The molecule has 1 aromatic carbocycles. The smallest absolute Gasteiger partial charge is 0.344 e. The molecule has 0 spiro atoms. The number of hydrogen-bond donors (Lipinski definition) is 0. The molecule has 3 atom stereocenters. The van der Waals surface area contributed by atoms with Crippen LogP contribution >= 0.6 is 0 Å². The van der Waals surface area contributed by atoms with E-state index in [1.807, 2.05) is 6.07 Å². The van der Waals surface area contributed by atoms with Crippen LogP contribution in [0.5, 0.6) is 0 Å². The van der Waals surface area contributed by atoms with Gasteiger partial charge in [-0.15, -0.1) is 0 Å². The van der Waals surface area contributed by atoms with Gasteiger partial charge in [0, 0.05) is 0 Å². The summed E-state index contributed by atoms with van der Waals surface area (Å²) in [6.45, 7) is 6.07. The molecule has 134 valence electrons. The van der Waals surface area contributed by atoms with E-state index in [4.69, 9.17) is 14.7 Å². The Balaban J connectivity index is 1.86. The zero-order valence-electron chi connectivity index (χ0n) is 15.0. The van der Waals surface area contributed by atoms with Crippen LogP contribution in [0.2, 0.25) is 0 Å². The minimum absolute atomic E-state index is 0.107. The number of nitriles is 1. The predicted molar refractivity (Wildman–Crippen MR) is 92.7 cm³/mol. The highest BCUT2D eigenvalue weighted by Gasteiger charge is 2.33. The maximum atomic E-state index is 12.1. The van der Waals surface area contributed by atoms with Crippen LogP contribution in [-0.2, 0) is 14.3 Å². The Labute approximate surface area is 148 Å². The van der Waals surface area contributed by atoms with E-state index >= 15 is 0 Å². The van der Waals surface area contributed by atoms with E-state index < -0.39 is 18.5 Å². The van der Waals surface area contributed by atoms with Gasteiger partial charge in [0.25, 0.3) is 0 Å². The maximum Gasteiger partial charge on any atom is 0.344 e. The van der Waals surface area contributed by atoms with Gasteiger partial charge in [0.15, 0.2) is 6.61 Å². The zero-order valence-corrected chi connectivity index (χ0v) is 15.0. The van der Waals surface area contributed by atoms with Gasteiger partial charge in [-0.1, -0.05) is 27.2 Å². The Bertz CT molecular complexity index is 645. The maximum absolute atomic E-state index is 12.1. The van der Waals surface area contributed by atoms with E-state index in [1.54, 1.807) is 0 Å². The van der Waals surface area contributed by atoms with Crippen molar-refractivity contribution < 1.29 is 19.1 Å². The summed E-state index contributed by atoms with van der Waals surface area (Å²) < 4.78 is 10.6. The molecule has 1 aromatic rings. The highest BCUT2D eigenvalue weighted by atomic mass is 16.6. The van der Waals surface area contributed by atoms with Crippen LogP contribution in [0.1, 0.15) is 56.0 Å². The number of rotatable bonds is 5. The van der Waals surface area contributed by atoms with E-state index in [0.717, 1.165) is 19.3 Å². The third kappa shape index (κ3) is 5.32. The predicted octanol–water partition coefficient (Wildman–Crippen LogP) is 3.72. The molecular formula is C20H25NO4. The first-order chi connectivity index (χ1) is 11.9. The summed E-state index contributed by atoms with van der Waals surface area (Å²) in [6, 6.07) is 8.05. The van der Waals surface area contributed by atoms with Gasteiger partial charge in [0.2, 0.25) is 0 Å². The van der Waals surface area contributed by atoms with E-state index in [0.29, 0.717) is 28.9 Å². The molecule has 1 fully saturated rings. The molecule has 0 radical (unpaired) electrons. The van der Waals surface area contributed by atoms with Crippen molar-refractivity contribution in [2.45, 2.75) is 46.1 Å². The topological polar surface area (TPSA) is 76.4 Å². The Morgan fingerprint density at radius 2 is 1.92 bits per heavy atom. The van der Waals surface area contributed by atoms with Gasteiger partial charge >= 0.3 is 11.9 Å². The van der Waals surface area contributed by atoms with Crippen molar-refractivity contribution in [1.82, 2.24) is 0 Å². The Kier molecular flexibility index (Phi) is 6.58. The third-order valence-electron chi connectivity index (χ3n) is 4.81. The van der Waals surface area contributed by atoms with Crippen molar-refractivity contribution in [3.63, 3.8) is 0 Å². The minimum Gasteiger partial charge on any atom is -0.460 e. The lowest BCUT2D eigenvalue weighted by Crippen LogP contribution is -2.36. The zero-order chi connectivity index (χ0) is 18.4. The molecule has 0 N–H and O–H groups in total. The number of carbonyl (C=O) groups excluding carboxylic acids is 2. The molecule has 25 heavy (non-hydrogen) atoms. The summed E-state index contributed by atoms with van der Waals surface area (Å²) in [5.74, 6) is 0.237. The van der Waals surface area contributed by atoms with Crippen molar-refractivity contribution in [2.75, 3.05) is 6.61 Å². The van der Waals surface area contributed by atoms with Gasteiger partial charge in [-0.05, 0) is 54.9 Å². The number of esters is 2. The van der Waals surface area contributed by atoms with Crippen LogP contribution in [0.3, 0.4) is 0 Å². The summed E-state index contributed by atoms with van der Waals surface area (Å²) in [5.41, 5.74) is 0.764. The van der Waals surface area contributed by atoms with Crippen molar-refractivity contribution in [2.24, 2.45) is 17.8 Å². The van der Waals surface area contributed by atoms with Gasteiger partial charge in [0.05, 0.1) is 17.2 Å². The van der Waals surface area contributed by atoms with Crippen LogP contribution in [0.25, 0.3) is 0 Å². The molecule has 1 aliphatic carbocycles. The lowest BCUT2D eigenvalue weighted by Gasteiger charge is -2.36. The summed E-state index contributed by atoms with van der Waals surface area (Å²) >= 11 is 0. The third-order valence-corrected chi connectivity index (χ3v) is 4.81. The lowest BCUT2D eigenvalue weighted by atomic mass is 9.75. The summed E-state index contributed by atoms with van der Waals surface area (Å²) in [5, 5.41) is 8.75. The van der Waals surface area contributed by atoms with Crippen LogP contribution in [0.4, 0.5) is 0 Å². The Morgan fingerprint density at radius 1 is 1.24 bits per heavy atom. The van der Waals surface area contributed by atoms with Crippen LogP contribution in [-0.4, -0.2) is 24.6 Å². The van der Waals surface area contributed by atoms with Gasteiger partial charge < -0.3 is 9.47 Å². The SMILES string of the molecule is CC(C)[C@@H]1CC[C@H](C)C[C@H]1OC(=O)COC(=O)c1ccc(C#N)cc1. The van der Waals surface area contributed by atoms with E-state index in [-0.39, 0.29) is 6.10 Å². The van der Waals surface area contributed by atoms with Crippen LogP contribution < -0.4 is 0 Å². The van der Waals surface area contributed by atoms with Gasteiger partial charge in [-0.3, -0.25) is 0 Å². The standard InChI is InChI=1S/C20H25NO4/c1-13(2)17-9-4-14(3)10-18(17)25-19(22)12-24-20(23)16-7-5-15(11-21)6-8-16/h5-8,13-14,17-18H,4,9-10,12H2,1-3H3/t14-,17-,18+/m0/s1. The molecule has 0 heterocycles. The lowest BCUT2D eigenvalue weighted by molar-refractivity contribution is -0.159. The second kappa shape index (κ2) is 8.66. The van der Waals surface area contributed by atoms with Crippen molar-refractivity contribution in [1.29, 1.82) is 5.26 Å². The largest absolute Gasteiger partial charge is 0.460 e. The highest BCUT2D eigenvalue weighted by molar-refractivity contribution is 5.90. The Hall–Kier alpha value is -2.35. The van der Waals surface area contributed by atoms with Crippen LogP contribution in [0.15, 0.2) is 24.3 Å². The molecule has 0 aromatic heterocycles. The van der Waals surface area contributed by atoms with Crippen molar-refractivity contribution in [3.05, 3.63) is 35.4 Å². The molecular weight excluding hydrogens is 318 g/mol. The molecule has 0 aliphatic heterocycles. The number of ether oxygens (including phenoxy) is 2. The first-order valence-electron chi connectivity index (χ1n) is 8.77. The van der Waals surface area contributed by atoms with Crippen LogP contribution in [0, 0.1) is 29.1 Å². The first-order valence-corrected chi connectivity index (χ1v) is 8.77. The molecule has 2 rings (SSSR count). The first kappa shape index (κ1) is 19.0. The van der Waals surface area contributed by atoms with Gasteiger partial charge in [0.1, 0.15) is 6.10 Å². The average Bonchev–Trinajstić information content (AvgIpc) is 2.59. The second-order valence-corrected chi connectivity index (χ2v) is 7.12. The molecule has 5 heteroatoms. The van der Waals surface area contributed by atoms with Crippen molar-refractivity contribution >= 4 is 11.9 Å². The fraction of sp³-hybridized carbons (Fsp3) is 0.550. The van der Waals surface area contributed by atoms with Gasteiger partial charge in [-0.25, -0.2) is 9.59 Å². The number of carbonyl (C=O) groups is 2. The quantitative estimate of drug-likeness (QED) is 0.762. The van der Waals surface area contributed by atoms with Crippen molar-refractivity contribution in [3.8, 4) is 6.07 Å². The minimum atomic E-state index is -0.598. The number of benzene rings is 1. The molecule has 1 aliphatic rings. The molecule has 1 saturated carbocycles. The molecule has 0 bridgehead atoms. The molecule has 0 saturated heterocycles. The number of nitrogens with zero attached hydrogens (tertiary/aromatic N) is 1. The number of hydrogen-bond acceptors (Lipinski definition) is 5. The van der Waals surface area contributed by atoms with E-state index in [1.165, 1.54) is 24.3 Å². The van der Waals surface area contributed by atoms with E-state index in [9.17, 15) is 9.59 Å². The van der Waals surface area contributed by atoms with E-state index in [2.05, 4.69) is 20.8 Å². The summed E-state index contributed by atoms with van der Waals surface area (Å²) in [6.07, 6.45) is 2.97. The highest BCUT2D eigenvalue weighted by Crippen LogP contribution is 2.35.